The van der Waals surface area contributed by atoms with Crippen molar-refractivity contribution in [3.8, 4) is 11.1 Å². The fraction of sp³-hybridized carbons (Fsp3) is 0.273. The summed E-state index contributed by atoms with van der Waals surface area (Å²) in [5, 5.41) is 12.7. The first-order valence-corrected chi connectivity index (χ1v) is 9.80. The minimum atomic E-state index is -0.837. The number of aromatic nitrogens is 3. The van der Waals surface area contributed by atoms with E-state index < -0.39 is 12.0 Å². The lowest BCUT2D eigenvalue weighted by Gasteiger charge is -2.21. The zero-order chi connectivity index (χ0) is 21.3. The summed E-state index contributed by atoms with van der Waals surface area (Å²) >= 11 is 0. The number of carbonyl (C=O) groups is 2. The molecule has 0 bridgehead atoms. The third-order valence-corrected chi connectivity index (χ3v) is 4.65. The highest BCUT2D eigenvalue weighted by atomic mass is 16.5. The van der Waals surface area contributed by atoms with Crippen LogP contribution in [0.25, 0.3) is 11.1 Å². The maximum Gasteiger partial charge on any atom is 0.322 e. The molecule has 1 amide bonds. The fourth-order valence-corrected chi connectivity index (χ4v) is 3.16. The van der Waals surface area contributed by atoms with Gasteiger partial charge in [0.1, 0.15) is 6.04 Å². The summed E-state index contributed by atoms with van der Waals surface area (Å²) in [6, 6.07) is 16.9. The summed E-state index contributed by atoms with van der Waals surface area (Å²) in [5.74, 6) is -0.872. The molecule has 0 aliphatic carbocycles. The average molecular weight is 407 g/mol. The zero-order valence-corrected chi connectivity index (χ0v) is 16.7. The molecule has 8 nitrogen and oxygen atoms in total. The minimum absolute atomic E-state index is 0.170. The molecule has 0 saturated heterocycles. The van der Waals surface area contributed by atoms with E-state index in [0.717, 1.165) is 16.7 Å². The van der Waals surface area contributed by atoms with Gasteiger partial charge in [-0.3, -0.25) is 9.59 Å². The number of benzene rings is 2. The Kier molecular flexibility index (Phi) is 7.29. The summed E-state index contributed by atoms with van der Waals surface area (Å²) < 4.78 is 4.99. The Balaban J connectivity index is 1.72. The van der Waals surface area contributed by atoms with Gasteiger partial charge in [-0.05, 0) is 36.5 Å². The van der Waals surface area contributed by atoms with Gasteiger partial charge in [0.25, 0.3) is 5.91 Å². The molecule has 1 aromatic heterocycles. The molecule has 30 heavy (non-hydrogen) atoms. The average Bonchev–Trinajstić information content (AvgIpc) is 3.30. The lowest BCUT2D eigenvalue weighted by Crippen LogP contribution is -2.44. The van der Waals surface area contributed by atoms with Gasteiger partial charge >= 0.3 is 5.97 Å². The predicted molar refractivity (Wildman–Crippen MR) is 112 cm³/mol. The molecule has 0 saturated carbocycles. The van der Waals surface area contributed by atoms with E-state index in [0.29, 0.717) is 6.42 Å². The molecule has 0 aliphatic heterocycles. The van der Waals surface area contributed by atoms with Gasteiger partial charge in [0.2, 0.25) is 0 Å². The molecule has 156 valence electrons. The maximum atomic E-state index is 12.4. The van der Waals surface area contributed by atoms with Crippen LogP contribution in [-0.4, -0.2) is 46.0 Å². The molecule has 0 fully saturated rings. The highest BCUT2D eigenvalue weighted by molar-refractivity contribution is 5.92. The first kappa shape index (κ1) is 21.2. The number of nitrogens with one attached hydrogen (secondary N) is 2. The van der Waals surface area contributed by atoms with Crippen LogP contribution in [0.4, 0.5) is 0 Å². The Morgan fingerprint density at radius 2 is 1.80 bits per heavy atom. The Morgan fingerprint density at radius 1 is 1.10 bits per heavy atom. The van der Waals surface area contributed by atoms with Gasteiger partial charge in [-0.2, -0.15) is 15.4 Å². The van der Waals surface area contributed by atoms with E-state index in [1.165, 1.54) is 6.20 Å². The molecule has 3 rings (SSSR count). The summed E-state index contributed by atoms with van der Waals surface area (Å²) in [5.41, 5.74) is 9.40. The topological polar surface area (TPSA) is 123 Å². The molecule has 0 radical (unpaired) electrons. The molecule has 2 aromatic carbocycles. The number of hydrogen-bond donors (Lipinski definition) is 3. The Morgan fingerprint density at radius 3 is 2.43 bits per heavy atom. The number of hydrogen-bond acceptors (Lipinski definition) is 6. The van der Waals surface area contributed by atoms with Crippen LogP contribution in [0.5, 0.6) is 0 Å². The van der Waals surface area contributed by atoms with Crippen molar-refractivity contribution in [3.05, 3.63) is 72.1 Å². The van der Waals surface area contributed by atoms with Gasteiger partial charge in [-0.1, -0.05) is 54.6 Å². The number of nitrogens with zero attached hydrogens (tertiary/aromatic N) is 2. The van der Waals surface area contributed by atoms with E-state index >= 15 is 0 Å². The molecule has 1 heterocycles. The number of aromatic amines is 1. The molecule has 3 aromatic rings. The first-order chi connectivity index (χ1) is 14.6. The third kappa shape index (κ3) is 5.74. The van der Waals surface area contributed by atoms with Crippen molar-refractivity contribution in [1.29, 1.82) is 0 Å². The molecular formula is C22H25N5O3. The van der Waals surface area contributed by atoms with E-state index in [-0.39, 0.29) is 30.7 Å². The van der Waals surface area contributed by atoms with E-state index in [1.807, 2.05) is 54.6 Å². The van der Waals surface area contributed by atoms with E-state index in [1.54, 1.807) is 6.92 Å². The molecule has 4 N–H and O–H groups in total. The van der Waals surface area contributed by atoms with Gasteiger partial charge in [-0.15, -0.1) is 0 Å². The van der Waals surface area contributed by atoms with Crippen molar-refractivity contribution in [1.82, 2.24) is 20.7 Å². The normalized spacial score (nSPS) is 12.7. The molecule has 0 aliphatic rings. The Labute approximate surface area is 174 Å². The van der Waals surface area contributed by atoms with Crippen LogP contribution in [0.3, 0.4) is 0 Å². The number of ether oxygens (including phenoxy) is 1. The van der Waals surface area contributed by atoms with E-state index in [9.17, 15) is 9.59 Å². The lowest BCUT2D eigenvalue weighted by atomic mass is 9.97. The summed E-state index contributed by atoms with van der Waals surface area (Å²) in [6.45, 7) is 1.98. The van der Waals surface area contributed by atoms with Gasteiger partial charge in [-0.25, -0.2) is 0 Å². The van der Waals surface area contributed by atoms with Crippen LogP contribution in [-0.2, 0) is 16.0 Å². The van der Waals surface area contributed by atoms with E-state index in [4.69, 9.17) is 10.5 Å². The highest BCUT2D eigenvalue weighted by Crippen LogP contribution is 2.20. The van der Waals surface area contributed by atoms with Gasteiger partial charge in [0.15, 0.2) is 5.69 Å². The molecule has 2 atom stereocenters. The van der Waals surface area contributed by atoms with Crippen LogP contribution < -0.4 is 11.1 Å². The van der Waals surface area contributed by atoms with Crippen molar-refractivity contribution in [2.45, 2.75) is 31.8 Å². The summed E-state index contributed by atoms with van der Waals surface area (Å²) in [4.78, 5) is 24.4. The number of esters is 1. The smallest absolute Gasteiger partial charge is 0.322 e. The minimum Gasteiger partial charge on any atom is -0.465 e. The van der Waals surface area contributed by atoms with Crippen molar-refractivity contribution >= 4 is 11.9 Å². The van der Waals surface area contributed by atoms with Crippen molar-refractivity contribution in [2.24, 2.45) is 5.73 Å². The van der Waals surface area contributed by atoms with Gasteiger partial charge in [0.05, 0.1) is 12.8 Å². The molecular weight excluding hydrogens is 382 g/mol. The Hall–Kier alpha value is -3.52. The number of carbonyl (C=O) groups excluding carboxylic acids is 2. The third-order valence-electron chi connectivity index (χ3n) is 4.65. The molecule has 2 unspecified atom stereocenters. The van der Waals surface area contributed by atoms with Gasteiger partial charge < -0.3 is 15.8 Å². The number of amides is 1. The summed E-state index contributed by atoms with van der Waals surface area (Å²) in [6.07, 6.45) is 2.08. The number of nitrogens with two attached hydrogens (primary N) is 1. The fourth-order valence-electron chi connectivity index (χ4n) is 3.16. The van der Waals surface area contributed by atoms with Crippen LogP contribution in [0.2, 0.25) is 0 Å². The largest absolute Gasteiger partial charge is 0.465 e. The monoisotopic (exact) mass is 407 g/mol. The standard InChI is InChI=1S/C22H25N5O3/c1-2-30-22(29)19(23)13-18(25-21(28)20-14-24-27-26-20)12-15-8-10-17(11-9-15)16-6-4-3-5-7-16/h3-11,14,18-19H,2,12-13,23H2,1H3,(H,25,28)(H,24,26,27). The van der Waals surface area contributed by atoms with Crippen LogP contribution >= 0.6 is 0 Å². The zero-order valence-electron chi connectivity index (χ0n) is 16.7. The second-order valence-electron chi connectivity index (χ2n) is 6.89. The second kappa shape index (κ2) is 10.3. The van der Waals surface area contributed by atoms with Crippen molar-refractivity contribution < 1.29 is 14.3 Å². The number of rotatable bonds is 9. The second-order valence-corrected chi connectivity index (χ2v) is 6.89. The molecule has 8 heteroatoms. The number of H-pyrrole nitrogens is 1. The summed E-state index contributed by atoms with van der Waals surface area (Å²) in [7, 11) is 0. The first-order valence-electron chi connectivity index (χ1n) is 9.80. The highest BCUT2D eigenvalue weighted by Gasteiger charge is 2.23. The van der Waals surface area contributed by atoms with Gasteiger partial charge in [0, 0.05) is 6.04 Å². The van der Waals surface area contributed by atoms with Crippen LogP contribution in [0.1, 0.15) is 29.4 Å². The quantitative estimate of drug-likeness (QED) is 0.467. The predicted octanol–water partition coefficient (Wildman–Crippen LogP) is 2.09. The van der Waals surface area contributed by atoms with Crippen molar-refractivity contribution in [2.75, 3.05) is 6.61 Å². The Bertz CT molecular complexity index is 943. The maximum absolute atomic E-state index is 12.4. The molecule has 0 spiro atoms. The SMILES string of the molecule is CCOC(=O)C(N)CC(Cc1ccc(-c2ccccc2)cc1)NC(=O)c1cn[nH]n1. The van der Waals surface area contributed by atoms with Crippen LogP contribution in [0.15, 0.2) is 60.8 Å². The van der Waals surface area contributed by atoms with Crippen molar-refractivity contribution in [3.63, 3.8) is 0 Å². The van der Waals surface area contributed by atoms with Crippen LogP contribution in [0, 0.1) is 0 Å². The lowest BCUT2D eigenvalue weighted by molar-refractivity contribution is -0.145. The van der Waals surface area contributed by atoms with E-state index in [2.05, 4.69) is 20.7 Å².